The molecular weight excluding hydrogens is 280 g/mol. The third-order valence-electron chi connectivity index (χ3n) is 3.71. The van der Waals surface area contributed by atoms with Crippen molar-refractivity contribution < 1.29 is 27.9 Å². The zero-order chi connectivity index (χ0) is 15.2. The summed E-state index contributed by atoms with van der Waals surface area (Å²) in [5.41, 5.74) is 0. The summed E-state index contributed by atoms with van der Waals surface area (Å²) < 4.78 is 28.1. The Morgan fingerprint density at radius 2 is 1.75 bits per heavy atom. The van der Waals surface area contributed by atoms with E-state index >= 15 is 0 Å². The minimum atomic E-state index is -3.04. The minimum absolute atomic E-state index is 0.0253. The monoisotopic (exact) mass is 308 g/mol. The van der Waals surface area contributed by atoms with Crippen LogP contribution in [-0.4, -0.2) is 59.5 Å². The molecule has 0 aromatic carbocycles. The van der Waals surface area contributed by atoms with E-state index < -0.39 is 20.8 Å². The van der Waals surface area contributed by atoms with Crippen molar-refractivity contribution in [1.82, 2.24) is 0 Å². The first-order valence-corrected chi connectivity index (χ1v) is 9.01. The normalized spacial score (nSPS) is 29.4. The van der Waals surface area contributed by atoms with Crippen LogP contribution in [0.3, 0.4) is 0 Å². The van der Waals surface area contributed by atoms with Crippen LogP contribution in [0.1, 0.15) is 39.5 Å². The van der Waals surface area contributed by atoms with Crippen LogP contribution in [0.25, 0.3) is 0 Å². The van der Waals surface area contributed by atoms with Gasteiger partial charge in [0.2, 0.25) is 5.91 Å². The molecule has 0 aromatic rings. The molecule has 1 aliphatic rings. The molecule has 1 heterocycles. The van der Waals surface area contributed by atoms with Gasteiger partial charge in [-0.3, -0.25) is 0 Å². The van der Waals surface area contributed by atoms with E-state index in [4.69, 9.17) is 22.8 Å². The summed E-state index contributed by atoms with van der Waals surface area (Å²) in [6, 6.07) is 0. The van der Waals surface area contributed by atoms with Crippen LogP contribution in [0.2, 0.25) is 0 Å². The first-order chi connectivity index (χ1) is 9.56. The van der Waals surface area contributed by atoms with E-state index in [2.05, 4.69) is 6.92 Å². The molecule has 7 heteroatoms. The Kier molecular flexibility index (Phi) is 7.60. The number of aliphatic hydroxyl groups is 1. The van der Waals surface area contributed by atoms with Gasteiger partial charge in [-0.15, -0.1) is 0 Å². The Morgan fingerprint density at radius 3 is 2.20 bits per heavy atom. The Labute approximate surface area is 122 Å². The van der Waals surface area contributed by atoms with Crippen molar-refractivity contribution in [1.29, 1.82) is 0 Å². The van der Waals surface area contributed by atoms with Crippen LogP contribution in [0.4, 0.5) is 0 Å². The first-order valence-electron chi connectivity index (χ1n) is 7.21. The fraction of sp³-hybridized carbons (Fsp3) is 1.00. The van der Waals surface area contributed by atoms with Gasteiger partial charge in [-0.25, -0.2) is 0 Å². The van der Waals surface area contributed by atoms with E-state index in [1.165, 1.54) is 21.3 Å². The Hall–Kier alpha value is -0.0231. The molecule has 20 heavy (non-hydrogen) atoms. The van der Waals surface area contributed by atoms with Crippen molar-refractivity contribution in [2.24, 2.45) is 0 Å². The maximum atomic E-state index is 10.1. The highest BCUT2D eigenvalue weighted by atomic mass is 28.4. The molecule has 0 amide bonds. The maximum Gasteiger partial charge on any atom is 0.559 e. The number of hydrogen-bond donors (Lipinski definition) is 1. The minimum Gasteiger partial charge on any atom is -0.390 e. The molecule has 4 atom stereocenters. The Morgan fingerprint density at radius 1 is 1.15 bits per heavy atom. The van der Waals surface area contributed by atoms with Gasteiger partial charge >= 0.3 is 8.80 Å². The summed E-state index contributed by atoms with van der Waals surface area (Å²) in [6.07, 6.45) is 2.47. The smallest absolute Gasteiger partial charge is 0.390 e. The summed E-state index contributed by atoms with van der Waals surface area (Å²) in [5, 5.41) is 10.1. The van der Waals surface area contributed by atoms with Gasteiger partial charge in [0, 0.05) is 27.8 Å². The maximum absolute atomic E-state index is 10.1. The zero-order valence-corrected chi connectivity index (χ0v) is 14.1. The lowest BCUT2D eigenvalue weighted by Crippen LogP contribution is -2.61. The van der Waals surface area contributed by atoms with E-state index in [-0.39, 0.29) is 12.2 Å². The van der Waals surface area contributed by atoms with Gasteiger partial charge in [0.1, 0.15) is 0 Å². The molecule has 1 aliphatic heterocycles. The second kappa shape index (κ2) is 8.43. The van der Waals surface area contributed by atoms with Gasteiger partial charge in [0.15, 0.2) is 0 Å². The van der Waals surface area contributed by atoms with Gasteiger partial charge < -0.3 is 27.9 Å². The molecule has 0 spiro atoms. The molecule has 0 aromatic heterocycles. The van der Waals surface area contributed by atoms with Gasteiger partial charge in [-0.2, -0.15) is 0 Å². The summed E-state index contributed by atoms with van der Waals surface area (Å²) in [5.74, 6) is -0.695. The Bertz CT molecular complexity index is 265. The molecule has 6 nitrogen and oxygen atoms in total. The molecule has 1 N–H and O–H groups in total. The van der Waals surface area contributed by atoms with Gasteiger partial charge in [0.05, 0.1) is 18.3 Å². The molecule has 1 rings (SSSR count). The zero-order valence-electron chi connectivity index (χ0n) is 13.1. The number of rotatable bonds is 8. The van der Waals surface area contributed by atoms with Crippen molar-refractivity contribution in [3.63, 3.8) is 0 Å². The van der Waals surface area contributed by atoms with Crippen molar-refractivity contribution in [3.8, 4) is 0 Å². The van der Waals surface area contributed by atoms with Gasteiger partial charge in [-0.1, -0.05) is 20.3 Å². The van der Waals surface area contributed by atoms with E-state index in [0.717, 1.165) is 12.8 Å². The molecule has 1 fully saturated rings. The summed E-state index contributed by atoms with van der Waals surface area (Å²) >= 11 is 0. The molecular formula is C13H28O6Si. The molecule has 120 valence electrons. The van der Waals surface area contributed by atoms with E-state index in [9.17, 15) is 5.11 Å². The number of hydrogen-bond acceptors (Lipinski definition) is 6. The lowest BCUT2D eigenvalue weighted by molar-refractivity contribution is -0.248. The van der Waals surface area contributed by atoms with Crippen LogP contribution < -0.4 is 0 Å². The average Bonchev–Trinajstić information content (AvgIpc) is 2.49. The van der Waals surface area contributed by atoms with E-state index in [0.29, 0.717) is 12.8 Å². The summed E-state index contributed by atoms with van der Waals surface area (Å²) in [7, 11) is 1.54. The fourth-order valence-corrected chi connectivity index (χ4v) is 4.24. The van der Waals surface area contributed by atoms with Crippen molar-refractivity contribution in [2.75, 3.05) is 21.3 Å². The highest BCUT2D eigenvalue weighted by molar-refractivity contribution is 6.61. The molecule has 0 bridgehead atoms. The highest BCUT2D eigenvalue weighted by Gasteiger charge is 2.54. The second-order valence-corrected chi connectivity index (χ2v) is 7.88. The van der Waals surface area contributed by atoms with Crippen molar-refractivity contribution in [2.45, 2.75) is 63.8 Å². The summed E-state index contributed by atoms with van der Waals surface area (Å²) in [6.45, 7) is 4.04. The molecule has 0 saturated carbocycles. The molecule has 0 aliphatic carbocycles. The van der Waals surface area contributed by atoms with Gasteiger partial charge in [-0.05, 0) is 12.8 Å². The van der Waals surface area contributed by atoms with Crippen LogP contribution in [-0.2, 0) is 22.8 Å². The number of ether oxygens (including phenoxy) is 2. The van der Waals surface area contributed by atoms with Crippen LogP contribution in [0.15, 0.2) is 0 Å². The third kappa shape index (κ3) is 4.00. The largest absolute Gasteiger partial charge is 0.559 e. The van der Waals surface area contributed by atoms with E-state index in [1.807, 2.05) is 6.92 Å². The van der Waals surface area contributed by atoms with E-state index in [1.54, 1.807) is 0 Å². The van der Waals surface area contributed by atoms with Crippen molar-refractivity contribution >= 4 is 8.80 Å². The van der Waals surface area contributed by atoms with Crippen molar-refractivity contribution in [3.05, 3.63) is 0 Å². The standard InChI is InChI=1S/C13H28O6Si/c1-6-8-10-9-12(11(14)7-2)19-13(18-10)20(15-3,16-4)17-5/h10-14H,6-9H2,1-5H3. The SMILES string of the molecule is CCCC1CC(C(O)CC)OC([Si](OC)(OC)OC)O1. The predicted octanol–water partition coefficient (Wildman–Crippen LogP) is 1.47. The number of aliphatic hydroxyl groups excluding tert-OH is 1. The van der Waals surface area contributed by atoms with Crippen LogP contribution in [0, 0.1) is 0 Å². The first kappa shape index (κ1) is 18.0. The van der Waals surface area contributed by atoms with Crippen LogP contribution in [0.5, 0.6) is 0 Å². The summed E-state index contributed by atoms with van der Waals surface area (Å²) in [4.78, 5) is 0. The average molecular weight is 308 g/mol. The molecule has 1 saturated heterocycles. The lowest BCUT2D eigenvalue weighted by Gasteiger charge is -2.42. The van der Waals surface area contributed by atoms with Gasteiger partial charge in [0.25, 0.3) is 0 Å². The fourth-order valence-electron chi connectivity index (χ4n) is 2.46. The Balaban J connectivity index is 2.87. The molecule has 0 radical (unpaired) electrons. The third-order valence-corrected chi connectivity index (χ3v) is 6.27. The second-order valence-electron chi connectivity index (χ2n) is 4.98. The lowest BCUT2D eigenvalue weighted by atomic mass is 10.0. The molecule has 4 unspecified atom stereocenters. The highest BCUT2D eigenvalue weighted by Crippen LogP contribution is 2.30. The topological polar surface area (TPSA) is 66.4 Å². The quantitative estimate of drug-likeness (QED) is 0.685. The predicted molar refractivity (Wildman–Crippen MR) is 76.1 cm³/mol. The van der Waals surface area contributed by atoms with Crippen LogP contribution >= 0.6 is 0 Å².